The van der Waals surface area contributed by atoms with Crippen LogP contribution in [0.5, 0.6) is 0 Å². The number of nitrogens with one attached hydrogen (secondary N) is 1. The molecule has 1 aromatic rings. The van der Waals surface area contributed by atoms with Crippen molar-refractivity contribution in [3.8, 4) is 0 Å². The summed E-state index contributed by atoms with van der Waals surface area (Å²) < 4.78 is 80.0. The molecule has 202 valence electrons. The van der Waals surface area contributed by atoms with E-state index in [1.165, 1.54) is 0 Å². The summed E-state index contributed by atoms with van der Waals surface area (Å²) in [7, 11) is 0. The zero-order valence-electron chi connectivity index (χ0n) is 19.3. The van der Waals surface area contributed by atoms with E-state index >= 15 is 0 Å². The molecule has 0 aliphatic carbocycles. The van der Waals surface area contributed by atoms with Crippen molar-refractivity contribution < 1.29 is 40.7 Å². The second-order valence-corrected chi connectivity index (χ2v) is 9.74. The molecule has 1 aromatic carbocycles. The van der Waals surface area contributed by atoms with Crippen LogP contribution in [0.3, 0.4) is 0 Å². The fourth-order valence-corrected chi connectivity index (χ4v) is 5.00. The van der Waals surface area contributed by atoms with Gasteiger partial charge in [0, 0.05) is 63.1 Å². The van der Waals surface area contributed by atoms with Crippen LogP contribution in [0.1, 0.15) is 24.8 Å². The molecule has 3 fully saturated rings. The Morgan fingerprint density at radius 3 is 2.22 bits per heavy atom. The quantitative estimate of drug-likeness (QED) is 0.569. The molecule has 1 spiro atoms. The Hall–Kier alpha value is -1.96. The van der Waals surface area contributed by atoms with Gasteiger partial charge < -0.3 is 14.5 Å². The van der Waals surface area contributed by atoms with Gasteiger partial charge in [0.1, 0.15) is 0 Å². The summed E-state index contributed by atoms with van der Waals surface area (Å²) >= 11 is 6.27. The van der Waals surface area contributed by atoms with Crippen LogP contribution in [0.25, 0.3) is 0 Å². The van der Waals surface area contributed by atoms with E-state index in [1.54, 1.807) is 6.07 Å². The molecule has 1 N–H and O–H groups in total. The van der Waals surface area contributed by atoms with Crippen molar-refractivity contribution in [3.63, 3.8) is 0 Å². The van der Waals surface area contributed by atoms with Crippen molar-refractivity contribution in [1.29, 1.82) is 0 Å². The first-order valence-electron chi connectivity index (χ1n) is 11.6. The topological polar surface area (TPSA) is 57.3 Å². The third kappa shape index (κ3) is 6.29. The van der Waals surface area contributed by atoms with Gasteiger partial charge in [-0.05, 0) is 37.0 Å². The fourth-order valence-electron chi connectivity index (χ4n) is 4.83. The van der Waals surface area contributed by atoms with Crippen molar-refractivity contribution in [3.05, 3.63) is 28.8 Å². The van der Waals surface area contributed by atoms with E-state index in [4.69, 9.17) is 16.4 Å². The lowest BCUT2D eigenvalue weighted by Gasteiger charge is -2.40. The Morgan fingerprint density at radius 2 is 1.67 bits per heavy atom. The van der Waals surface area contributed by atoms with E-state index in [1.807, 2.05) is 17.0 Å². The third-order valence-electron chi connectivity index (χ3n) is 6.87. The molecule has 7 nitrogen and oxygen atoms in total. The molecular weight excluding hydrogens is 518 g/mol. The number of anilines is 1. The number of carbonyl (C=O) groups excluding carboxylic acids is 1. The maximum atomic E-state index is 12.7. The highest BCUT2D eigenvalue weighted by molar-refractivity contribution is 6.30. The average molecular weight is 545 g/mol. The Bertz CT molecular complexity index is 909. The van der Waals surface area contributed by atoms with Crippen molar-refractivity contribution in [2.45, 2.75) is 49.9 Å². The van der Waals surface area contributed by atoms with Gasteiger partial charge in [0.25, 0.3) is 6.10 Å². The van der Waals surface area contributed by atoms with Gasteiger partial charge in [-0.25, -0.2) is 10.3 Å². The number of piperidine rings is 1. The van der Waals surface area contributed by atoms with Crippen molar-refractivity contribution >= 4 is 23.4 Å². The normalized spacial score (nSPS) is 21.4. The van der Waals surface area contributed by atoms with Gasteiger partial charge in [-0.3, -0.25) is 9.74 Å². The molecule has 0 radical (unpaired) electrons. The van der Waals surface area contributed by atoms with Crippen LogP contribution in [-0.4, -0.2) is 85.8 Å². The monoisotopic (exact) mass is 544 g/mol. The van der Waals surface area contributed by atoms with Gasteiger partial charge in [0.05, 0.1) is 5.60 Å². The van der Waals surface area contributed by atoms with E-state index in [-0.39, 0.29) is 31.8 Å². The lowest BCUT2D eigenvalue weighted by Crippen LogP contribution is -2.52. The number of hydrogen-bond acceptors (Lipinski definition) is 6. The van der Waals surface area contributed by atoms with Crippen LogP contribution < -0.4 is 10.4 Å². The van der Waals surface area contributed by atoms with E-state index in [0.29, 0.717) is 11.6 Å². The summed E-state index contributed by atoms with van der Waals surface area (Å²) in [6.45, 7) is 3.31. The molecule has 0 aromatic heterocycles. The number of hydroxylamine groups is 1. The maximum absolute atomic E-state index is 12.7. The predicted octanol–water partition coefficient (Wildman–Crippen LogP) is 4.35. The molecule has 0 unspecified atom stereocenters. The number of nitrogens with zero attached hydrogens (tertiary/aromatic N) is 3. The number of hydrogen-bond donors (Lipinski definition) is 1. The molecule has 3 aliphatic heterocycles. The molecule has 0 saturated carbocycles. The molecule has 0 bridgehead atoms. The molecule has 3 saturated heterocycles. The summed E-state index contributed by atoms with van der Waals surface area (Å²) in [4.78, 5) is 22.9. The second-order valence-electron chi connectivity index (χ2n) is 9.30. The SMILES string of the molecule is O=C(OC(C(F)(F)F)C(F)(F)F)N1CCN(Cc2ccc(Cl)cc2N2CCC3(CCNO3)CC2)CC1. The first-order valence-corrected chi connectivity index (χ1v) is 12.0. The summed E-state index contributed by atoms with van der Waals surface area (Å²) in [5.41, 5.74) is 4.78. The van der Waals surface area contributed by atoms with Crippen LogP contribution in [0, 0.1) is 0 Å². The highest BCUT2D eigenvalue weighted by Crippen LogP contribution is 2.37. The van der Waals surface area contributed by atoms with Gasteiger partial charge in [0.2, 0.25) is 0 Å². The van der Waals surface area contributed by atoms with E-state index in [2.05, 4.69) is 15.1 Å². The van der Waals surface area contributed by atoms with Gasteiger partial charge in [0.15, 0.2) is 0 Å². The first-order chi connectivity index (χ1) is 16.9. The van der Waals surface area contributed by atoms with E-state index in [0.717, 1.165) is 55.0 Å². The zero-order valence-corrected chi connectivity index (χ0v) is 20.1. The van der Waals surface area contributed by atoms with Gasteiger partial charge in [-0.15, -0.1) is 0 Å². The van der Waals surface area contributed by atoms with Gasteiger partial charge >= 0.3 is 18.4 Å². The summed E-state index contributed by atoms with van der Waals surface area (Å²) in [6.07, 6.45) is -14.6. The highest BCUT2D eigenvalue weighted by atomic mass is 35.5. The summed E-state index contributed by atoms with van der Waals surface area (Å²) in [6, 6.07) is 5.58. The highest BCUT2D eigenvalue weighted by Gasteiger charge is 2.60. The minimum absolute atomic E-state index is 0.0548. The number of amides is 1. The minimum atomic E-state index is -5.74. The minimum Gasteiger partial charge on any atom is -0.426 e. The molecule has 36 heavy (non-hydrogen) atoms. The van der Waals surface area contributed by atoms with E-state index in [9.17, 15) is 31.1 Å². The lowest BCUT2D eigenvalue weighted by molar-refractivity contribution is -0.308. The van der Waals surface area contributed by atoms with Gasteiger partial charge in [-0.1, -0.05) is 17.7 Å². The number of alkyl halides is 6. The number of carbonyl (C=O) groups is 1. The number of piperazine rings is 1. The van der Waals surface area contributed by atoms with Crippen LogP contribution in [0.2, 0.25) is 5.02 Å². The first kappa shape index (κ1) is 27.1. The second kappa shape index (κ2) is 10.4. The third-order valence-corrected chi connectivity index (χ3v) is 7.11. The van der Waals surface area contributed by atoms with Gasteiger partial charge in [-0.2, -0.15) is 26.3 Å². The Morgan fingerprint density at radius 1 is 1.03 bits per heavy atom. The molecule has 3 heterocycles. The lowest BCUT2D eigenvalue weighted by atomic mass is 9.88. The molecule has 4 rings (SSSR count). The maximum Gasteiger partial charge on any atom is 0.434 e. The van der Waals surface area contributed by atoms with E-state index < -0.39 is 24.5 Å². The van der Waals surface area contributed by atoms with Crippen molar-refractivity contribution in [2.75, 3.05) is 50.7 Å². The molecule has 3 aliphatic rings. The number of ether oxygens (including phenoxy) is 1. The number of benzene rings is 1. The standard InChI is InChI=1S/C22H27ClF6N4O3/c23-16-2-1-15(17(13-16)32-7-4-20(5-8-32)3-6-30-36-20)14-31-9-11-33(12-10-31)19(34)35-18(21(24,25)26)22(27,28)29/h1-2,13,18,30H,3-12,14H2. The predicted molar refractivity (Wildman–Crippen MR) is 119 cm³/mol. The molecule has 14 heteroatoms. The molecule has 1 amide bonds. The fraction of sp³-hybridized carbons (Fsp3) is 0.682. The van der Waals surface area contributed by atoms with Crippen LogP contribution >= 0.6 is 11.6 Å². The Balaban J connectivity index is 1.34. The van der Waals surface area contributed by atoms with Crippen molar-refractivity contribution in [2.24, 2.45) is 0 Å². The Labute approximate surface area is 209 Å². The Kier molecular flexibility index (Phi) is 7.84. The zero-order chi connectivity index (χ0) is 26.1. The van der Waals surface area contributed by atoms with Crippen molar-refractivity contribution in [1.82, 2.24) is 15.3 Å². The van der Waals surface area contributed by atoms with Crippen LogP contribution in [0.15, 0.2) is 18.2 Å². The smallest absolute Gasteiger partial charge is 0.426 e. The average Bonchev–Trinajstić information content (AvgIpc) is 3.26. The molecule has 0 atom stereocenters. The largest absolute Gasteiger partial charge is 0.434 e. The number of halogens is 7. The molecular formula is C22H27ClF6N4O3. The van der Waals surface area contributed by atoms with Crippen LogP contribution in [-0.2, 0) is 16.1 Å². The van der Waals surface area contributed by atoms with Crippen LogP contribution in [0.4, 0.5) is 36.8 Å². The summed E-state index contributed by atoms with van der Waals surface area (Å²) in [5, 5.41) is 0.587. The summed E-state index contributed by atoms with van der Waals surface area (Å²) in [5.74, 6) is 0. The number of rotatable bonds is 4.